The van der Waals surface area contributed by atoms with Crippen LogP contribution in [0, 0.1) is 5.41 Å². The molecule has 4 heteroatoms. The maximum absolute atomic E-state index is 13.2. The molecule has 0 atom stereocenters. The van der Waals surface area contributed by atoms with Crippen LogP contribution in [0.1, 0.15) is 46.0 Å². The molecule has 1 aliphatic heterocycles. The number of ether oxygens (including phenoxy) is 1. The van der Waals surface area contributed by atoms with E-state index in [9.17, 15) is 8.78 Å². The van der Waals surface area contributed by atoms with Crippen LogP contribution in [-0.4, -0.2) is 43.2 Å². The molecule has 2 aliphatic rings. The minimum atomic E-state index is -2.46. The molecule has 1 aliphatic carbocycles. The standard InChI is InChI=1S/C14H25F2NO/c1-12(2)18-11-13(8-14(15,16)9-13)10-17-6-4-3-5-7-17/h12H,3-11H2,1-2H3. The Morgan fingerprint density at radius 3 is 2.22 bits per heavy atom. The summed E-state index contributed by atoms with van der Waals surface area (Å²) < 4.78 is 32.1. The minimum absolute atomic E-state index is 0.00319. The van der Waals surface area contributed by atoms with E-state index in [-0.39, 0.29) is 24.4 Å². The van der Waals surface area contributed by atoms with E-state index in [1.807, 2.05) is 13.8 Å². The average Bonchev–Trinajstić information content (AvgIpc) is 2.25. The Hall–Kier alpha value is -0.220. The van der Waals surface area contributed by atoms with Crippen LogP contribution in [0.2, 0.25) is 0 Å². The first-order chi connectivity index (χ1) is 8.41. The molecule has 2 nitrogen and oxygen atoms in total. The molecule has 0 radical (unpaired) electrons. The summed E-state index contributed by atoms with van der Waals surface area (Å²) in [5, 5.41) is 0. The van der Waals surface area contributed by atoms with Gasteiger partial charge in [-0.15, -0.1) is 0 Å². The van der Waals surface area contributed by atoms with Crippen molar-refractivity contribution in [3.8, 4) is 0 Å². The lowest BCUT2D eigenvalue weighted by atomic mass is 9.66. The summed E-state index contributed by atoms with van der Waals surface area (Å²) in [6, 6.07) is 0. The van der Waals surface area contributed by atoms with Gasteiger partial charge in [0.25, 0.3) is 0 Å². The van der Waals surface area contributed by atoms with Crippen LogP contribution < -0.4 is 0 Å². The molecule has 2 fully saturated rings. The highest BCUT2D eigenvalue weighted by atomic mass is 19.3. The lowest BCUT2D eigenvalue weighted by Crippen LogP contribution is -2.55. The fourth-order valence-corrected chi connectivity index (χ4v) is 3.24. The number of alkyl halides is 2. The molecule has 0 aromatic heterocycles. The van der Waals surface area contributed by atoms with E-state index in [4.69, 9.17) is 4.74 Å². The molecule has 0 unspecified atom stereocenters. The predicted molar refractivity (Wildman–Crippen MR) is 68.0 cm³/mol. The van der Waals surface area contributed by atoms with Crippen molar-refractivity contribution in [2.45, 2.75) is 58.0 Å². The second kappa shape index (κ2) is 5.41. The van der Waals surface area contributed by atoms with Gasteiger partial charge in [0.05, 0.1) is 12.7 Å². The summed E-state index contributed by atoms with van der Waals surface area (Å²) in [6.45, 7) is 7.33. The zero-order valence-electron chi connectivity index (χ0n) is 11.6. The second-order valence-electron chi connectivity index (χ2n) is 6.41. The molecule has 0 N–H and O–H groups in total. The van der Waals surface area contributed by atoms with Crippen molar-refractivity contribution >= 4 is 0 Å². The maximum Gasteiger partial charge on any atom is 0.249 e. The van der Waals surface area contributed by atoms with Crippen molar-refractivity contribution in [2.24, 2.45) is 5.41 Å². The van der Waals surface area contributed by atoms with Gasteiger partial charge in [-0.25, -0.2) is 8.78 Å². The molecule has 0 spiro atoms. The first kappa shape index (κ1) is 14.2. The Labute approximate surface area is 109 Å². The number of rotatable bonds is 5. The number of likely N-dealkylation sites (tertiary alicyclic amines) is 1. The number of nitrogens with zero attached hydrogens (tertiary/aromatic N) is 1. The molecule has 1 saturated carbocycles. The van der Waals surface area contributed by atoms with E-state index >= 15 is 0 Å². The summed E-state index contributed by atoms with van der Waals surface area (Å²) in [5.74, 6) is -2.46. The van der Waals surface area contributed by atoms with Gasteiger partial charge in [0.15, 0.2) is 0 Å². The van der Waals surface area contributed by atoms with E-state index in [1.165, 1.54) is 19.3 Å². The first-order valence-electron chi connectivity index (χ1n) is 7.13. The van der Waals surface area contributed by atoms with Crippen LogP contribution in [0.5, 0.6) is 0 Å². The predicted octanol–water partition coefficient (Wildman–Crippen LogP) is 3.31. The fourth-order valence-electron chi connectivity index (χ4n) is 3.24. The molecule has 106 valence electrons. The SMILES string of the molecule is CC(C)OCC1(CN2CCCCC2)CC(F)(F)C1. The van der Waals surface area contributed by atoms with E-state index in [0.29, 0.717) is 6.61 Å². The Morgan fingerprint density at radius 2 is 1.72 bits per heavy atom. The lowest BCUT2D eigenvalue weighted by molar-refractivity contribution is -0.194. The molecule has 2 rings (SSSR count). The molecule has 18 heavy (non-hydrogen) atoms. The lowest BCUT2D eigenvalue weighted by Gasteiger charge is -2.50. The molecular formula is C14H25F2NO. The maximum atomic E-state index is 13.2. The average molecular weight is 261 g/mol. The number of hydrogen-bond acceptors (Lipinski definition) is 2. The van der Waals surface area contributed by atoms with Crippen molar-refractivity contribution in [3.05, 3.63) is 0 Å². The molecule has 1 heterocycles. The molecule has 0 bridgehead atoms. The van der Waals surface area contributed by atoms with Crippen LogP contribution in [0.3, 0.4) is 0 Å². The zero-order valence-corrected chi connectivity index (χ0v) is 11.6. The van der Waals surface area contributed by atoms with E-state index in [0.717, 1.165) is 19.6 Å². The first-order valence-corrected chi connectivity index (χ1v) is 7.13. The highest BCUT2D eigenvalue weighted by Crippen LogP contribution is 2.52. The smallest absolute Gasteiger partial charge is 0.249 e. The summed E-state index contributed by atoms with van der Waals surface area (Å²) in [6.07, 6.45) is 3.82. The Kier molecular flexibility index (Phi) is 4.27. The largest absolute Gasteiger partial charge is 0.378 e. The molecule has 0 aromatic carbocycles. The van der Waals surface area contributed by atoms with E-state index in [1.54, 1.807) is 0 Å². The van der Waals surface area contributed by atoms with Crippen molar-refractivity contribution in [2.75, 3.05) is 26.2 Å². The fraction of sp³-hybridized carbons (Fsp3) is 1.00. The number of piperidine rings is 1. The van der Waals surface area contributed by atoms with Crippen molar-refractivity contribution in [3.63, 3.8) is 0 Å². The van der Waals surface area contributed by atoms with Crippen LogP contribution in [-0.2, 0) is 4.74 Å². The van der Waals surface area contributed by atoms with Gasteiger partial charge in [-0.3, -0.25) is 0 Å². The van der Waals surface area contributed by atoms with Gasteiger partial charge in [-0.1, -0.05) is 6.42 Å². The van der Waals surface area contributed by atoms with Gasteiger partial charge in [0, 0.05) is 24.8 Å². The normalized spacial score (nSPS) is 27.2. The van der Waals surface area contributed by atoms with Gasteiger partial charge in [-0.2, -0.15) is 0 Å². The van der Waals surface area contributed by atoms with E-state index in [2.05, 4.69) is 4.90 Å². The Morgan fingerprint density at radius 1 is 1.11 bits per heavy atom. The number of hydrogen-bond donors (Lipinski definition) is 0. The highest BCUT2D eigenvalue weighted by Gasteiger charge is 2.57. The molecule has 0 amide bonds. The van der Waals surface area contributed by atoms with Crippen LogP contribution >= 0.6 is 0 Å². The van der Waals surface area contributed by atoms with Gasteiger partial charge in [0.1, 0.15) is 0 Å². The van der Waals surface area contributed by atoms with Crippen LogP contribution in [0.15, 0.2) is 0 Å². The third kappa shape index (κ3) is 3.64. The summed E-state index contributed by atoms with van der Waals surface area (Å²) in [7, 11) is 0. The molecule has 0 aromatic rings. The summed E-state index contributed by atoms with van der Waals surface area (Å²) >= 11 is 0. The van der Waals surface area contributed by atoms with Crippen molar-refractivity contribution < 1.29 is 13.5 Å². The third-order valence-corrected chi connectivity index (χ3v) is 4.00. The van der Waals surface area contributed by atoms with Crippen LogP contribution in [0.4, 0.5) is 8.78 Å². The Bertz CT molecular complexity index is 267. The van der Waals surface area contributed by atoms with E-state index < -0.39 is 5.92 Å². The molecular weight excluding hydrogens is 236 g/mol. The molecule has 1 saturated heterocycles. The monoisotopic (exact) mass is 261 g/mol. The minimum Gasteiger partial charge on any atom is -0.378 e. The zero-order chi connectivity index (χ0) is 13.2. The van der Waals surface area contributed by atoms with Crippen molar-refractivity contribution in [1.29, 1.82) is 0 Å². The van der Waals surface area contributed by atoms with Gasteiger partial charge >= 0.3 is 0 Å². The van der Waals surface area contributed by atoms with Gasteiger partial charge in [-0.05, 0) is 39.8 Å². The van der Waals surface area contributed by atoms with Crippen LogP contribution in [0.25, 0.3) is 0 Å². The summed E-state index contributed by atoms with van der Waals surface area (Å²) in [5.41, 5.74) is -0.300. The quantitative estimate of drug-likeness (QED) is 0.753. The topological polar surface area (TPSA) is 12.5 Å². The van der Waals surface area contributed by atoms with Crippen molar-refractivity contribution in [1.82, 2.24) is 4.90 Å². The highest BCUT2D eigenvalue weighted by molar-refractivity contribution is 5.01. The van der Waals surface area contributed by atoms with Gasteiger partial charge < -0.3 is 9.64 Å². The summed E-state index contributed by atoms with van der Waals surface area (Å²) in [4.78, 5) is 2.35. The number of halogens is 2. The second-order valence-corrected chi connectivity index (χ2v) is 6.41. The van der Waals surface area contributed by atoms with Gasteiger partial charge in [0.2, 0.25) is 5.92 Å². The third-order valence-electron chi connectivity index (χ3n) is 4.00. The Balaban J connectivity index is 1.88.